The number of nitrogens with zero attached hydrogens (tertiary/aromatic N) is 4. The number of aromatic hydroxyl groups is 1. The number of benzene rings is 3. The second-order valence-corrected chi connectivity index (χ2v) is 23.8. The third kappa shape index (κ3) is 20.7. The molecule has 0 spiro atoms. The smallest absolute Gasteiger partial charge is 0.407 e. The lowest BCUT2D eigenvalue weighted by atomic mass is 9.98. The second kappa shape index (κ2) is 36.5. The van der Waals surface area contributed by atoms with Crippen molar-refractivity contribution in [2.45, 2.75) is 145 Å². The molecular formula is C62H82N10O23S. The van der Waals surface area contributed by atoms with Crippen LogP contribution in [0.25, 0.3) is 22.8 Å². The zero-order chi connectivity index (χ0) is 69.6. The molecule has 0 aliphatic carbocycles. The van der Waals surface area contributed by atoms with Crippen LogP contribution >= 0.6 is 12.3 Å². The number of nitrogens with one attached hydrogen (secondary N) is 6. The first kappa shape index (κ1) is 74.8. The number of carbonyl (C=O) groups is 8. The number of carbonyl (C=O) groups excluding carboxylic acids is 8. The Kier molecular flexibility index (Phi) is 28.5. The Balaban J connectivity index is 1.16. The van der Waals surface area contributed by atoms with Crippen molar-refractivity contribution in [3.05, 3.63) is 90.5 Å². The lowest BCUT2D eigenvalue weighted by molar-refractivity contribution is -0.433. The first-order valence-electron chi connectivity index (χ1n) is 31.0. The van der Waals surface area contributed by atoms with Gasteiger partial charge in [-0.25, -0.2) is 10.1 Å². The van der Waals surface area contributed by atoms with Crippen molar-refractivity contribution in [2.24, 2.45) is 5.92 Å². The maximum atomic E-state index is 15.0. The minimum Gasteiger partial charge on any atom is -0.504 e. The van der Waals surface area contributed by atoms with Crippen LogP contribution in [0.4, 0.5) is 4.79 Å². The molecule has 14 N–H and O–H groups in total. The number of aliphatic hydroxyl groups is 6. The molecule has 3 aliphatic rings. The molecule has 0 unspecified atom stereocenters. The molecule has 34 heteroatoms. The van der Waals surface area contributed by atoms with Gasteiger partial charge in [-0.3, -0.25) is 33.6 Å². The second-order valence-electron chi connectivity index (χ2n) is 23.3. The molecule has 3 fully saturated rings. The fraction of sp³-hybridized carbons (Fsp3) is 0.516. The third-order valence-electron chi connectivity index (χ3n) is 16.1. The van der Waals surface area contributed by atoms with Crippen LogP contribution in [0.1, 0.15) is 81.1 Å². The minimum atomic E-state index is -2.19. The van der Waals surface area contributed by atoms with Gasteiger partial charge in [0.05, 0.1) is 43.2 Å². The fourth-order valence-electron chi connectivity index (χ4n) is 11.0. The number of hydrogen-bond donors (Lipinski definition) is 14. The van der Waals surface area contributed by atoms with Crippen LogP contribution in [0, 0.1) is 5.92 Å². The van der Waals surface area contributed by atoms with E-state index >= 15 is 0 Å². The van der Waals surface area contributed by atoms with Crippen LogP contribution in [-0.4, -0.2) is 234 Å². The summed E-state index contributed by atoms with van der Waals surface area (Å²) in [4.78, 5) is 121. The monoisotopic (exact) mass is 1370 g/mol. The molecule has 4 heterocycles. The highest BCUT2D eigenvalue weighted by molar-refractivity contribution is 7.90. The van der Waals surface area contributed by atoms with Gasteiger partial charge in [0.2, 0.25) is 41.3 Å². The van der Waals surface area contributed by atoms with Gasteiger partial charge < -0.3 is 100 Å². The maximum absolute atomic E-state index is 15.0. The number of amides is 8. The number of ether oxygens (including phenoxy) is 3. The zero-order valence-corrected chi connectivity index (χ0v) is 53.7. The Labute approximate surface area is 555 Å². The zero-order valence-electron chi connectivity index (χ0n) is 52.9. The number of phenolic OH excluding ortho intramolecular Hbond substituents is 1. The van der Waals surface area contributed by atoms with Gasteiger partial charge in [0.1, 0.15) is 48.6 Å². The normalized spacial score (nSPS) is 24.0. The van der Waals surface area contributed by atoms with E-state index in [9.17, 15) is 74.1 Å². The number of aromatic nitrogens is 2. The van der Waals surface area contributed by atoms with Gasteiger partial charge in [-0.05, 0) is 80.3 Å². The first-order chi connectivity index (χ1) is 46.0. The molecule has 3 aromatic carbocycles. The van der Waals surface area contributed by atoms with Crippen LogP contribution in [-0.2, 0) is 54.0 Å². The SMILES string of the molecule is C=CCOC(=O)NCC[C@@H](O)[C@@H]1NC(=O)[C@H]([C@H](O)Cc2ccc(O)c(OSOOO)c2)NC(=O)[C@@H]2C[C@H](O)CN2C(=O)[C@H]([C@H](C)O)NC(=O)[C@@H](NC(=O)c2ccc(-c3noc(-c4ccc(OCCCCCCCOC)cc4)n3)cc2)C[C@H](O)CNC(=O)[C@@H]2[C@@H](O)[C@H](C)CN2C1=O. The lowest BCUT2D eigenvalue weighted by Gasteiger charge is -2.34. The molecule has 8 amide bonds. The van der Waals surface area contributed by atoms with Crippen LogP contribution in [0.5, 0.6) is 17.2 Å². The number of rotatable bonds is 27. The molecule has 0 saturated carbocycles. The van der Waals surface area contributed by atoms with E-state index in [2.05, 4.69) is 58.0 Å². The maximum Gasteiger partial charge on any atom is 0.407 e. The van der Waals surface area contributed by atoms with Crippen molar-refractivity contribution < 1.29 is 112 Å². The van der Waals surface area contributed by atoms with Gasteiger partial charge in [0.15, 0.2) is 11.5 Å². The lowest BCUT2D eigenvalue weighted by Crippen LogP contribution is -2.64. The topological polar surface area (TPSA) is 471 Å². The van der Waals surface area contributed by atoms with Gasteiger partial charge in [0.25, 0.3) is 24.1 Å². The molecule has 33 nitrogen and oxygen atoms in total. The summed E-state index contributed by atoms with van der Waals surface area (Å²) in [5, 5.41) is 110. The fourth-order valence-corrected chi connectivity index (χ4v) is 11.3. The third-order valence-corrected chi connectivity index (χ3v) is 16.5. The van der Waals surface area contributed by atoms with Gasteiger partial charge in [-0.1, -0.05) is 71.6 Å². The average molecular weight is 1370 g/mol. The average Bonchev–Trinajstić information content (AvgIpc) is 1.61. The van der Waals surface area contributed by atoms with Crippen LogP contribution in [0.3, 0.4) is 0 Å². The van der Waals surface area contributed by atoms with E-state index in [1.54, 1.807) is 31.4 Å². The van der Waals surface area contributed by atoms with E-state index in [1.807, 2.05) is 0 Å². The molecule has 7 rings (SSSR count). The largest absolute Gasteiger partial charge is 0.504 e. The molecule has 13 atom stereocenters. The van der Waals surface area contributed by atoms with E-state index in [0.29, 0.717) is 23.5 Å². The number of phenols is 1. The Hall–Kier alpha value is -8.55. The summed E-state index contributed by atoms with van der Waals surface area (Å²) in [7, 11) is 1.69. The van der Waals surface area contributed by atoms with Crippen LogP contribution in [0.15, 0.2) is 83.9 Å². The van der Waals surface area contributed by atoms with Crippen molar-refractivity contribution in [1.29, 1.82) is 0 Å². The standard InChI is InChI=1S/C62H82N10O23S/c1-5-23-91-62(87)63-22-21-45(77)50-61(86)72-31-33(2)52(79)51(72)58(84)64-30-39(74)28-42(65-54(80)37-14-12-36(13-15-37)53-69-59(92-70-53)38-16-18-41(19-17-38)90-25-10-8-6-7-9-24-89-4)55(81)66-48(34(3)73)60(85)71-32-40(75)29-43(71)56(82)67-49(57(83)68-50)46(78)26-35-11-20-44(76)47(27-35)93-96-95-94-88/h5,11-20,27,33-34,39-40,42-43,45-46,48-52,73-79,88H,1,6-10,21-26,28-32H2,2-4H3,(H,63,87)(H,64,84)(H,65,80)(H,66,81)(H,67,82)(H,68,83)/t33-,34+,39+,40+,42+,43+,45-,46-,48+,49+,50+,51+,52+/m1/s1. The van der Waals surface area contributed by atoms with E-state index in [-0.39, 0.29) is 54.1 Å². The predicted molar refractivity (Wildman–Crippen MR) is 336 cm³/mol. The molecule has 0 bridgehead atoms. The molecule has 524 valence electrons. The summed E-state index contributed by atoms with van der Waals surface area (Å²) >= 11 is 0.0587. The highest BCUT2D eigenvalue weighted by Crippen LogP contribution is 2.32. The number of aliphatic hydroxyl groups excluding tert-OH is 6. The number of methoxy groups -OCH3 is 1. The van der Waals surface area contributed by atoms with E-state index in [4.69, 9.17) is 28.2 Å². The van der Waals surface area contributed by atoms with Crippen molar-refractivity contribution in [2.75, 3.05) is 53.1 Å². The van der Waals surface area contributed by atoms with Gasteiger partial charge in [0, 0.05) is 81.8 Å². The summed E-state index contributed by atoms with van der Waals surface area (Å²) < 4.78 is 30.8. The molecule has 4 aromatic rings. The van der Waals surface area contributed by atoms with Gasteiger partial charge in [-0.15, -0.1) is 0 Å². The number of alkyl carbamates (subject to hydrolysis) is 1. The summed E-state index contributed by atoms with van der Waals surface area (Å²) in [6.07, 6.45) is -7.55. The first-order valence-corrected chi connectivity index (χ1v) is 31.7. The van der Waals surface area contributed by atoms with Gasteiger partial charge >= 0.3 is 6.09 Å². The van der Waals surface area contributed by atoms with Crippen LogP contribution < -0.4 is 40.8 Å². The molecule has 3 aliphatic heterocycles. The summed E-state index contributed by atoms with van der Waals surface area (Å²) in [5.74, 6) is -8.83. The molecule has 3 saturated heterocycles. The number of β-amino-alcohol motifs (C(OH)–C–C–N with tert-alkyl or cyclic N) is 1. The number of hydrogen-bond acceptors (Lipinski definition) is 26. The predicted octanol–water partition coefficient (Wildman–Crippen LogP) is -0.301. The highest BCUT2D eigenvalue weighted by atomic mass is 32.2. The molecule has 0 radical (unpaired) electrons. The molecule has 96 heavy (non-hydrogen) atoms. The van der Waals surface area contributed by atoms with E-state index in [0.717, 1.165) is 67.6 Å². The van der Waals surface area contributed by atoms with E-state index in [1.165, 1.54) is 43.3 Å². The Morgan fingerprint density at radius 1 is 0.802 bits per heavy atom. The quantitative estimate of drug-likeness (QED) is 0.0120. The summed E-state index contributed by atoms with van der Waals surface area (Å²) in [5.41, 5.74) is 1.07. The highest BCUT2D eigenvalue weighted by Gasteiger charge is 2.50. The Morgan fingerprint density at radius 3 is 2.18 bits per heavy atom. The van der Waals surface area contributed by atoms with E-state index < -0.39 is 177 Å². The Bertz CT molecular complexity index is 3270. The van der Waals surface area contributed by atoms with Crippen molar-refractivity contribution >= 4 is 59.8 Å². The molecular weight excluding hydrogens is 1280 g/mol. The number of unbranched alkanes of at least 4 members (excludes halogenated alkanes) is 4. The summed E-state index contributed by atoms with van der Waals surface area (Å²) in [6, 6.07) is 4.78. The summed E-state index contributed by atoms with van der Waals surface area (Å²) in [6.45, 7) is 5.04. The molecule has 1 aromatic heterocycles. The Morgan fingerprint density at radius 2 is 1.48 bits per heavy atom. The van der Waals surface area contributed by atoms with Gasteiger partial charge in [-0.2, -0.15) is 4.98 Å². The van der Waals surface area contributed by atoms with Crippen molar-refractivity contribution in [3.63, 3.8) is 0 Å². The van der Waals surface area contributed by atoms with Crippen molar-refractivity contribution in [1.82, 2.24) is 51.8 Å². The van der Waals surface area contributed by atoms with Crippen LogP contribution in [0.2, 0.25) is 0 Å². The van der Waals surface area contributed by atoms with Crippen molar-refractivity contribution in [3.8, 4) is 40.1 Å². The number of fused-ring (bicyclic) bond motifs is 2. The minimum absolute atomic E-state index is 0.0396.